The highest BCUT2D eigenvalue weighted by atomic mass is 32.2. The Morgan fingerprint density at radius 1 is 1.33 bits per heavy atom. The highest BCUT2D eigenvalue weighted by molar-refractivity contribution is 7.94. The molecule has 1 aliphatic carbocycles. The van der Waals surface area contributed by atoms with E-state index in [0.717, 1.165) is 5.57 Å². The van der Waals surface area contributed by atoms with Crippen molar-refractivity contribution < 1.29 is 8.42 Å². The maximum absolute atomic E-state index is 12.2. The third kappa shape index (κ3) is 2.86. The lowest BCUT2D eigenvalue weighted by Gasteiger charge is -2.18. The normalized spacial score (nSPS) is 21.3. The molecule has 0 N–H and O–H groups in total. The van der Waals surface area contributed by atoms with Gasteiger partial charge in [0.1, 0.15) is 4.91 Å². The lowest BCUT2D eigenvalue weighted by atomic mass is 10.0. The Labute approximate surface area is 109 Å². The van der Waals surface area contributed by atoms with E-state index in [0.29, 0.717) is 5.71 Å². The molecular formula is C13H18N2O2S. The predicted octanol–water partition coefficient (Wildman–Crippen LogP) is 1.90. The molecule has 0 aliphatic heterocycles. The van der Waals surface area contributed by atoms with Gasteiger partial charge in [0.25, 0.3) is 0 Å². The number of hydrogen-bond donors (Lipinski definition) is 0. The van der Waals surface area contributed by atoms with Crippen molar-refractivity contribution in [3.8, 4) is 0 Å². The summed E-state index contributed by atoms with van der Waals surface area (Å²) < 4.78 is 25.5. The SMILES string of the molecule is C/C=C\C=C1\C=CC=C(S(=O)(=O)N(C)C)C1=NC. The summed E-state index contributed by atoms with van der Waals surface area (Å²) in [6.07, 6.45) is 10.7. The van der Waals surface area contributed by atoms with Crippen LogP contribution in [0.25, 0.3) is 0 Å². The molecule has 0 aromatic rings. The number of nitrogens with zero attached hydrogens (tertiary/aromatic N) is 2. The van der Waals surface area contributed by atoms with Gasteiger partial charge in [-0.1, -0.05) is 30.4 Å². The second kappa shape index (κ2) is 5.93. The first-order valence-electron chi connectivity index (χ1n) is 5.56. The zero-order valence-electron chi connectivity index (χ0n) is 11.1. The van der Waals surface area contributed by atoms with Crippen molar-refractivity contribution >= 4 is 15.7 Å². The second-order valence-corrected chi connectivity index (χ2v) is 6.02. The molecule has 1 aliphatic rings. The van der Waals surface area contributed by atoms with Crippen LogP contribution in [0.4, 0.5) is 0 Å². The third-order valence-corrected chi connectivity index (χ3v) is 4.33. The fraction of sp³-hybridized carbons (Fsp3) is 0.308. The molecule has 0 fully saturated rings. The van der Waals surface area contributed by atoms with Crippen molar-refractivity contribution in [3.05, 3.63) is 46.9 Å². The van der Waals surface area contributed by atoms with E-state index < -0.39 is 10.0 Å². The Morgan fingerprint density at radius 3 is 2.50 bits per heavy atom. The van der Waals surface area contributed by atoms with Crippen LogP contribution >= 0.6 is 0 Å². The molecule has 0 bridgehead atoms. The number of rotatable bonds is 3. The van der Waals surface area contributed by atoms with Gasteiger partial charge in [0.05, 0.1) is 5.71 Å². The third-order valence-electron chi connectivity index (χ3n) is 2.48. The lowest BCUT2D eigenvalue weighted by Crippen LogP contribution is -2.28. The van der Waals surface area contributed by atoms with Crippen LogP contribution in [0.1, 0.15) is 6.92 Å². The topological polar surface area (TPSA) is 49.7 Å². The molecule has 4 nitrogen and oxygen atoms in total. The zero-order chi connectivity index (χ0) is 13.8. The van der Waals surface area contributed by atoms with Crippen LogP contribution < -0.4 is 0 Å². The molecule has 0 amide bonds. The van der Waals surface area contributed by atoms with Crippen molar-refractivity contribution in [3.63, 3.8) is 0 Å². The fourth-order valence-electron chi connectivity index (χ4n) is 1.52. The van der Waals surface area contributed by atoms with E-state index in [2.05, 4.69) is 4.99 Å². The second-order valence-electron chi connectivity index (χ2n) is 3.90. The van der Waals surface area contributed by atoms with Gasteiger partial charge in [-0.15, -0.1) is 0 Å². The molecule has 0 aromatic carbocycles. The Balaban J connectivity index is 3.33. The Kier molecular flexibility index (Phi) is 4.81. The summed E-state index contributed by atoms with van der Waals surface area (Å²) in [6.45, 7) is 1.90. The fourth-order valence-corrected chi connectivity index (χ4v) is 2.62. The van der Waals surface area contributed by atoms with E-state index in [1.54, 1.807) is 19.2 Å². The van der Waals surface area contributed by atoms with Crippen LogP contribution in [0.2, 0.25) is 0 Å². The highest BCUT2D eigenvalue weighted by Gasteiger charge is 2.27. The van der Waals surface area contributed by atoms with Crippen molar-refractivity contribution in [2.75, 3.05) is 21.1 Å². The van der Waals surface area contributed by atoms with Crippen LogP contribution in [-0.4, -0.2) is 39.6 Å². The predicted molar refractivity (Wildman–Crippen MR) is 76.1 cm³/mol. The molecule has 0 radical (unpaired) electrons. The van der Waals surface area contributed by atoms with E-state index in [9.17, 15) is 8.42 Å². The van der Waals surface area contributed by atoms with Gasteiger partial charge in [0.2, 0.25) is 10.0 Å². The number of sulfonamides is 1. The van der Waals surface area contributed by atoms with Gasteiger partial charge >= 0.3 is 0 Å². The average Bonchev–Trinajstić information content (AvgIpc) is 2.35. The lowest BCUT2D eigenvalue weighted by molar-refractivity contribution is 0.529. The molecule has 1 rings (SSSR count). The van der Waals surface area contributed by atoms with Crippen molar-refractivity contribution in [2.24, 2.45) is 4.99 Å². The number of hydrogen-bond acceptors (Lipinski definition) is 3. The van der Waals surface area contributed by atoms with E-state index in [1.807, 2.05) is 31.2 Å². The van der Waals surface area contributed by atoms with Gasteiger partial charge in [-0.2, -0.15) is 0 Å². The molecule has 0 aromatic heterocycles. The molecule has 0 saturated carbocycles. The van der Waals surface area contributed by atoms with E-state index >= 15 is 0 Å². The Morgan fingerprint density at radius 2 is 2.00 bits per heavy atom. The first kappa shape index (κ1) is 14.6. The Bertz CT molecular complexity index is 562. The monoisotopic (exact) mass is 266 g/mol. The van der Waals surface area contributed by atoms with Gasteiger partial charge in [-0.3, -0.25) is 4.99 Å². The van der Waals surface area contributed by atoms with Crippen LogP contribution in [0.5, 0.6) is 0 Å². The molecule has 98 valence electrons. The zero-order valence-corrected chi connectivity index (χ0v) is 11.9. The summed E-state index contributed by atoms with van der Waals surface area (Å²) in [5.41, 5.74) is 1.28. The molecule has 0 spiro atoms. The Hall–Kier alpha value is -1.46. The van der Waals surface area contributed by atoms with Crippen LogP contribution in [0.3, 0.4) is 0 Å². The van der Waals surface area contributed by atoms with E-state index in [-0.39, 0.29) is 4.91 Å². The minimum Gasteiger partial charge on any atom is -0.287 e. The maximum atomic E-state index is 12.2. The molecule has 0 unspecified atom stereocenters. The number of allylic oxidation sites excluding steroid dienone is 8. The average molecular weight is 266 g/mol. The maximum Gasteiger partial charge on any atom is 0.244 e. The number of aliphatic imine (C=N–C) groups is 1. The minimum absolute atomic E-state index is 0.230. The highest BCUT2D eigenvalue weighted by Crippen LogP contribution is 2.22. The molecule has 0 saturated heterocycles. The summed E-state index contributed by atoms with van der Waals surface area (Å²) in [4.78, 5) is 4.33. The summed E-state index contributed by atoms with van der Waals surface area (Å²) in [6, 6.07) is 0. The van der Waals surface area contributed by atoms with Gasteiger partial charge in [0, 0.05) is 26.7 Å². The summed E-state index contributed by atoms with van der Waals surface area (Å²) in [7, 11) is 1.14. The van der Waals surface area contributed by atoms with Gasteiger partial charge in [-0.25, -0.2) is 12.7 Å². The van der Waals surface area contributed by atoms with E-state index in [4.69, 9.17) is 0 Å². The van der Waals surface area contributed by atoms with Gasteiger partial charge in [-0.05, 0) is 13.0 Å². The van der Waals surface area contributed by atoms with E-state index in [1.165, 1.54) is 18.4 Å². The molecule has 0 atom stereocenters. The molecule has 18 heavy (non-hydrogen) atoms. The van der Waals surface area contributed by atoms with Crippen molar-refractivity contribution in [1.29, 1.82) is 0 Å². The van der Waals surface area contributed by atoms with Crippen molar-refractivity contribution in [1.82, 2.24) is 4.31 Å². The molecule has 5 heteroatoms. The standard InChI is InChI=1S/C13H18N2O2S/c1-5-6-8-11-9-7-10-12(13(11)14-2)18(16,17)15(3)4/h5-10H,1-4H3/b6-5-,11-8-,14-13?. The van der Waals surface area contributed by atoms with Crippen LogP contribution in [0.15, 0.2) is 51.9 Å². The molecular weight excluding hydrogens is 248 g/mol. The summed E-state index contributed by atoms with van der Waals surface area (Å²) >= 11 is 0. The largest absolute Gasteiger partial charge is 0.287 e. The van der Waals surface area contributed by atoms with Crippen LogP contribution in [-0.2, 0) is 10.0 Å². The quantitative estimate of drug-likeness (QED) is 0.783. The van der Waals surface area contributed by atoms with Crippen molar-refractivity contribution in [2.45, 2.75) is 6.92 Å². The minimum atomic E-state index is -3.47. The van der Waals surface area contributed by atoms with Crippen LogP contribution in [0, 0.1) is 0 Å². The van der Waals surface area contributed by atoms with Gasteiger partial charge in [0.15, 0.2) is 0 Å². The summed E-state index contributed by atoms with van der Waals surface area (Å²) in [5, 5.41) is 0. The summed E-state index contributed by atoms with van der Waals surface area (Å²) in [5.74, 6) is 0. The first-order chi connectivity index (χ1) is 8.45. The first-order valence-corrected chi connectivity index (χ1v) is 7.00. The smallest absolute Gasteiger partial charge is 0.244 e. The van der Waals surface area contributed by atoms with Gasteiger partial charge < -0.3 is 0 Å². The molecule has 0 heterocycles.